The minimum absolute atomic E-state index is 0.647. The standard InChI is InChI=1S/C99H69N17/c1-51-12-21-75-84(36-51)109-98(105-75)72-40-68(83-50-69-37-56(13-22-74(69)100-83)57-14-23-76-85(43-57)110-92(101-76)64-8-6-9-65(38-64)93-102-77-24-15-58(44-86(77)111-93)61-18-27-80-89(47-61)114-96(106-80)70-32-52(2)30-53(3)33-70)41-73(42-72)99-108-82-29-20-63(49-91(82)116-99)60-17-26-79-88(46-60)113-95(104-79)67-11-7-10-66(39-67)94-103-78-25-16-59(45-87(78)112-94)62-19-28-81-90(48-62)115-97(107-81)71-34-54(4)31-55(5)35-71/h6-49H,50H2,1-5H3,(H,101,110)(H,102,111)(H,103,112)(H,104,113)(H,105,109)(H,106,114)(H,107,115)(H,108,116). The fourth-order valence-corrected chi connectivity index (χ4v) is 17.0. The summed E-state index contributed by atoms with van der Waals surface area (Å²) in [5, 5.41) is 0. The number of H-pyrrole nitrogens is 8. The second-order valence-electron chi connectivity index (χ2n) is 31.1. The lowest BCUT2D eigenvalue weighted by Gasteiger charge is -2.08. The number of benzene rings is 14. The van der Waals surface area contributed by atoms with Gasteiger partial charge in [-0.25, -0.2) is 39.9 Å². The zero-order valence-electron chi connectivity index (χ0n) is 63.6. The van der Waals surface area contributed by atoms with E-state index in [-0.39, 0.29) is 0 Å². The molecule has 23 rings (SSSR count). The van der Waals surface area contributed by atoms with E-state index in [0.29, 0.717) is 6.42 Å². The Morgan fingerprint density at radius 3 is 0.845 bits per heavy atom. The molecule has 0 unspecified atom stereocenters. The van der Waals surface area contributed by atoms with Crippen molar-refractivity contribution in [3.63, 3.8) is 0 Å². The first-order chi connectivity index (χ1) is 56.7. The van der Waals surface area contributed by atoms with Crippen LogP contribution in [0.3, 0.4) is 0 Å². The summed E-state index contributed by atoms with van der Waals surface area (Å²) in [4.78, 5) is 75.0. The van der Waals surface area contributed by atoms with Crippen LogP contribution in [-0.2, 0) is 6.42 Å². The van der Waals surface area contributed by atoms with Crippen LogP contribution in [0.2, 0.25) is 0 Å². The van der Waals surface area contributed by atoms with Crippen LogP contribution in [0.15, 0.2) is 272 Å². The Kier molecular flexibility index (Phi) is 14.7. The van der Waals surface area contributed by atoms with Gasteiger partial charge in [0.05, 0.1) is 99.7 Å². The lowest BCUT2D eigenvalue weighted by atomic mass is 9.97. The van der Waals surface area contributed by atoms with Crippen molar-refractivity contribution in [2.75, 3.05) is 0 Å². The van der Waals surface area contributed by atoms with E-state index in [4.69, 9.17) is 44.9 Å². The molecule has 0 amide bonds. The van der Waals surface area contributed by atoms with Crippen molar-refractivity contribution in [2.24, 2.45) is 4.99 Å². The first-order valence-corrected chi connectivity index (χ1v) is 39.0. The second-order valence-corrected chi connectivity index (χ2v) is 31.1. The molecular weight excluding hydrogens is 1430 g/mol. The highest BCUT2D eigenvalue weighted by Crippen LogP contribution is 2.41. The van der Waals surface area contributed by atoms with Crippen molar-refractivity contribution in [2.45, 2.75) is 41.0 Å². The lowest BCUT2D eigenvalue weighted by molar-refractivity contribution is 1.30. The monoisotopic (exact) mass is 1500 g/mol. The molecule has 17 nitrogen and oxygen atoms in total. The van der Waals surface area contributed by atoms with Crippen LogP contribution in [0, 0.1) is 34.6 Å². The van der Waals surface area contributed by atoms with E-state index in [1.54, 1.807) is 0 Å². The molecule has 550 valence electrons. The summed E-state index contributed by atoms with van der Waals surface area (Å²) in [5.74, 6) is 6.39. The highest BCUT2D eigenvalue weighted by Gasteiger charge is 2.23. The summed E-state index contributed by atoms with van der Waals surface area (Å²) in [7, 11) is 0. The summed E-state index contributed by atoms with van der Waals surface area (Å²) in [6.45, 7) is 10.6. The van der Waals surface area contributed by atoms with Gasteiger partial charge in [0.1, 0.15) is 46.6 Å². The van der Waals surface area contributed by atoms with Crippen LogP contribution in [-0.4, -0.2) is 85.5 Å². The number of fused-ring (bicyclic) bond motifs is 9. The van der Waals surface area contributed by atoms with Crippen LogP contribution in [0.5, 0.6) is 0 Å². The third-order valence-electron chi connectivity index (χ3n) is 22.7. The average Bonchev–Trinajstić information content (AvgIpc) is 1.54. The van der Waals surface area contributed by atoms with Gasteiger partial charge in [-0.05, 0) is 260 Å². The van der Waals surface area contributed by atoms with E-state index in [0.717, 1.165) is 252 Å². The topological polar surface area (TPSA) is 242 Å². The van der Waals surface area contributed by atoms with Gasteiger partial charge in [0, 0.05) is 50.9 Å². The zero-order chi connectivity index (χ0) is 77.1. The van der Waals surface area contributed by atoms with Crippen LogP contribution in [0.4, 0.5) is 5.69 Å². The molecule has 0 fully saturated rings. The van der Waals surface area contributed by atoms with Gasteiger partial charge in [-0.3, -0.25) is 4.99 Å². The largest absolute Gasteiger partial charge is 0.338 e. The van der Waals surface area contributed by atoms with Gasteiger partial charge in [0.15, 0.2) is 0 Å². The Bertz CT molecular complexity index is 7870. The molecule has 0 bridgehead atoms. The van der Waals surface area contributed by atoms with E-state index < -0.39 is 0 Å². The molecule has 1 aliphatic heterocycles. The predicted molar refractivity (Wildman–Crippen MR) is 469 cm³/mol. The van der Waals surface area contributed by atoms with Gasteiger partial charge < -0.3 is 39.9 Å². The van der Waals surface area contributed by atoms with Gasteiger partial charge in [-0.1, -0.05) is 125 Å². The van der Waals surface area contributed by atoms with Crippen LogP contribution in [0.25, 0.3) is 224 Å². The quantitative estimate of drug-likeness (QED) is 0.0551. The number of aromatic amines is 8. The minimum Gasteiger partial charge on any atom is -0.338 e. The number of aliphatic imine (C=N–C) groups is 1. The van der Waals surface area contributed by atoms with Crippen molar-refractivity contribution in [1.82, 2.24) is 79.7 Å². The fourth-order valence-electron chi connectivity index (χ4n) is 17.0. The molecular formula is C99H69N17. The van der Waals surface area contributed by atoms with Crippen molar-refractivity contribution in [3.05, 3.63) is 306 Å². The highest BCUT2D eigenvalue weighted by molar-refractivity contribution is 6.08. The maximum absolute atomic E-state index is 5.34. The van der Waals surface area contributed by atoms with Gasteiger partial charge in [0.2, 0.25) is 0 Å². The summed E-state index contributed by atoms with van der Waals surface area (Å²) < 4.78 is 0. The highest BCUT2D eigenvalue weighted by atomic mass is 15.0. The van der Waals surface area contributed by atoms with Crippen molar-refractivity contribution in [3.8, 4) is 136 Å². The second kappa shape index (κ2) is 25.8. The van der Waals surface area contributed by atoms with Crippen LogP contribution in [0.1, 0.15) is 38.9 Å². The van der Waals surface area contributed by atoms with Gasteiger partial charge in [-0.2, -0.15) is 0 Å². The Balaban J connectivity index is 0.490. The van der Waals surface area contributed by atoms with Crippen LogP contribution < -0.4 is 0 Å². The molecule has 22 aromatic rings. The number of aromatic nitrogens is 16. The number of aryl methyl sites for hydroxylation is 5. The number of hydrogen-bond acceptors (Lipinski definition) is 9. The first-order valence-electron chi connectivity index (χ1n) is 39.0. The Morgan fingerprint density at radius 1 is 0.190 bits per heavy atom. The molecule has 17 heteroatoms. The molecule has 0 spiro atoms. The molecule has 1 aliphatic rings. The molecule has 0 atom stereocenters. The summed E-state index contributed by atoms with van der Waals surface area (Å²) in [6, 6.07) is 94.1. The van der Waals surface area contributed by atoms with E-state index in [1.807, 2.05) is 0 Å². The predicted octanol–water partition coefficient (Wildman–Crippen LogP) is 23.9. The van der Waals surface area contributed by atoms with Gasteiger partial charge >= 0.3 is 0 Å². The Hall–Kier alpha value is -15.5. The third kappa shape index (κ3) is 11.8. The van der Waals surface area contributed by atoms with Gasteiger partial charge in [-0.15, -0.1) is 0 Å². The molecule has 8 aromatic heterocycles. The molecule has 0 radical (unpaired) electrons. The number of rotatable bonds is 13. The normalized spacial score (nSPS) is 12.4. The fraction of sp³-hybridized carbons (Fsp3) is 0.0606. The molecule has 8 N–H and O–H groups in total. The van der Waals surface area contributed by atoms with E-state index in [2.05, 4.69) is 341 Å². The number of imidazole rings is 8. The lowest BCUT2D eigenvalue weighted by Crippen LogP contribution is -2.02. The zero-order valence-corrected chi connectivity index (χ0v) is 63.6. The average molecular weight is 1500 g/mol. The van der Waals surface area contributed by atoms with E-state index in [1.165, 1.54) is 22.3 Å². The molecule has 0 aliphatic carbocycles. The summed E-state index contributed by atoms with van der Waals surface area (Å²) in [6.07, 6.45) is 0.647. The number of nitrogens with zero attached hydrogens (tertiary/aromatic N) is 9. The molecule has 0 saturated heterocycles. The molecule has 0 saturated carbocycles. The smallest absolute Gasteiger partial charge is 0.138 e. The summed E-state index contributed by atoms with van der Waals surface area (Å²) >= 11 is 0. The van der Waals surface area contributed by atoms with Crippen LogP contribution >= 0.6 is 0 Å². The van der Waals surface area contributed by atoms with E-state index >= 15 is 0 Å². The van der Waals surface area contributed by atoms with Crippen molar-refractivity contribution >= 4 is 99.7 Å². The van der Waals surface area contributed by atoms with Crippen molar-refractivity contribution in [1.29, 1.82) is 0 Å². The Labute approximate surface area is 663 Å². The minimum atomic E-state index is 0.647. The number of hydrogen-bond donors (Lipinski definition) is 8. The maximum atomic E-state index is 5.34. The molecule has 116 heavy (non-hydrogen) atoms. The summed E-state index contributed by atoms with van der Waals surface area (Å²) in [5.41, 5.74) is 41.4. The third-order valence-corrected chi connectivity index (χ3v) is 22.7. The number of nitrogens with one attached hydrogen (secondary N) is 8. The molecule has 14 aromatic carbocycles. The van der Waals surface area contributed by atoms with Gasteiger partial charge in [0.25, 0.3) is 0 Å². The first kappa shape index (κ1) is 66.3. The van der Waals surface area contributed by atoms with Crippen molar-refractivity contribution < 1.29 is 0 Å². The maximum Gasteiger partial charge on any atom is 0.138 e. The Morgan fingerprint density at radius 2 is 0.466 bits per heavy atom. The van der Waals surface area contributed by atoms with E-state index in [9.17, 15) is 0 Å². The molecule has 9 heterocycles. The SMILES string of the molecule is Cc1cc(C)cc(-c2nc3cc(-c4ccc5nc(-c6cccc(-c7nc8ccc(-c9ccc%10c(c9)CC(c9cc(-c%11nc%12ccc(C)cc%12[nH]%11)cc(-c%11nc%12ccc(-c%13ccc%14nc(-c%15cccc(-c%16nc%17ccc(-c%18ccc%19[nH]c(-c%20cc(C)cc(C)c%20)nc%19c%18)cc%17[nH]%16)c%15)[nH]c%14c%13)cc%12[nH]%11)c9)=N%10)cc8[nH]7)c6)[nH]c5c4)ccc3[nH]2)c1.